The monoisotopic (exact) mass is 486 g/mol. The van der Waals surface area contributed by atoms with E-state index in [0.717, 1.165) is 4.90 Å². The van der Waals surface area contributed by atoms with Crippen molar-refractivity contribution < 1.29 is 23.6 Å². The third-order valence-corrected chi connectivity index (χ3v) is 6.85. The van der Waals surface area contributed by atoms with Crippen LogP contribution in [0, 0.1) is 11.3 Å². The molecule has 2 aliphatic heterocycles. The standard InChI is InChI=1S/C25H18N4O5S/c26-11-15-3-6-17(7-4-15)27-22(30)21-13-35-14-29(21)23(31)16-5-8-19-20(10-16)25(33)28(24(19)32)12-18-2-1-9-34-18/h1-10,21H,12-14H2,(H,27,30). The Bertz CT molecular complexity index is 1380. The lowest BCUT2D eigenvalue weighted by Crippen LogP contribution is -2.44. The Kier molecular flexibility index (Phi) is 5.84. The smallest absolute Gasteiger partial charge is 0.261 e. The normalized spacial score (nSPS) is 16.8. The number of thioether (sulfide) groups is 1. The van der Waals surface area contributed by atoms with Crippen LogP contribution in [0.2, 0.25) is 0 Å². The predicted molar refractivity (Wildman–Crippen MR) is 126 cm³/mol. The Morgan fingerprint density at radius 2 is 1.86 bits per heavy atom. The zero-order valence-corrected chi connectivity index (χ0v) is 19.1. The molecule has 3 aromatic rings. The summed E-state index contributed by atoms with van der Waals surface area (Å²) in [6.45, 7) is 0.00296. The van der Waals surface area contributed by atoms with Crippen molar-refractivity contribution in [2.75, 3.05) is 16.9 Å². The molecule has 35 heavy (non-hydrogen) atoms. The average molecular weight is 487 g/mol. The number of imide groups is 1. The molecule has 1 unspecified atom stereocenters. The van der Waals surface area contributed by atoms with Gasteiger partial charge in [-0.2, -0.15) is 5.26 Å². The van der Waals surface area contributed by atoms with E-state index in [0.29, 0.717) is 28.6 Å². The van der Waals surface area contributed by atoms with E-state index >= 15 is 0 Å². The van der Waals surface area contributed by atoms with Crippen molar-refractivity contribution in [3.8, 4) is 6.07 Å². The van der Waals surface area contributed by atoms with E-state index in [-0.39, 0.29) is 29.1 Å². The Labute approximate surface area is 204 Å². The number of amides is 4. The minimum atomic E-state index is -0.704. The lowest BCUT2D eigenvalue weighted by atomic mass is 10.0. The van der Waals surface area contributed by atoms with Crippen molar-refractivity contribution >= 4 is 41.1 Å². The first-order valence-electron chi connectivity index (χ1n) is 10.7. The first-order chi connectivity index (χ1) is 17.0. The molecule has 5 rings (SSSR count). The minimum Gasteiger partial charge on any atom is -0.467 e. The summed E-state index contributed by atoms with van der Waals surface area (Å²) in [6.07, 6.45) is 1.46. The van der Waals surface area contributed by atoms with E-state index in [9.17, 15) is 19.2 Å². The van der Waals surface area contributed by atoms with E-state index in [1.807, 2.05) is 6.07 Å². The summed E-state index contributed by atoms with van der Waals surface area (Å²) >= 11 is 1.45. The second-order valence-corrected chi connectivity index (χ2v) is 9.00. The number of anilines is 1. The highest BCUT2D eigenvalue weighted by Crippen LogP contribution is 2.29. The van der Waals surface area contributed by atoms with Crippen LogP contribution in [0.3, 0.4) is 0 Å². The lowest BCUT2D eigenvalue weighted by molar-refractivity contribution is -0.119. The zero-order chi connectivity index (χ0) is 24.5. The van der Waals surface area contributed by atoms with E-state index in [4.69, 9.17) is 9.68 Å². The summed E-state index contributed by atoms with van der Waals surface area (Å²) in [5, 5.41) is 11.7. The maximum absolute atomic E-state index is 13.3. The molecular formula is C25H18N4O5S. The highest BCUT2D eigenvalue weighted by molar-refractivity contribution is 7.99. The van der Waals surface area contributed by atoms with Crippen LogP contribution in [0.4, 0.5) is 5.69 Å². The quantitative estimate of drug-likeness (QED) is 0.550. The molecule has 0 aliphatic carbocycles. The molecule has 3 heterocycles. The van der Waals surface area contributed by atoms with Crippen LogP contribution in [0.5, 0.6) is 0 Å². The number of hydrogen-bond acceptors (Lipinski definition) is 7. The molecule has 9 nitrogen and oxygen atoms in total. The third kappa shape index (κ3) is 4.18. The van der Waals surface area contributed by atoms with Crippen molar-refractivity contribution in [2.24, 2.45) is 0 Å². The van der Waals surface area contributed by atoms with Crippen LogP contribution in [0.15, 0.2) is 65.3 Å². The van der Waals surface area contributed by atoms with Crippen LogP contribution >= 0.6 is 11.8 Å². The van der Waals surface area contributed by atoms with Gasteiger partial charge in [-0.05, 0) is 54.6 Å². The number of furan rings is 1. The van der Waals surface area contributed by atoms with Gasteiger partial charge in [-0.3, -0.25) is 24.1 Å². The van der Waals surface area contributed by atoms with Gasteiger partial charge >= 0.3 is 0 Å². The Hall–Kier alpha value is -4.36. The summed E-state index contributed by atoms with van der Waals surface area (Å²) in [5.74, 6) is -0.473. The Morgan fingerprint density at radius 3 is 2.57 bits per heavy atom. The molecule has 2 aromatic carbocycles. The van der Waals surface area contributed by atoms with Crippen LogP contribution in [-0.4, -0.2) is 51.1 Å². The van der Waals surface area contributed by atoms with Crippen molar-refractivity contribution in [3.05, 3.63) is 88.9 Å². The minimum absolute atomic E-state index is 0.00296. The molecule has 0 bridgehead atoms. The zero-order valence-electron chi connectivity index (χ0n) is 18.3. The summed E-state index contributed by atoms with van der Waals surface area (Å²) in [6, 6.07) is 15.5. The van der Waals surface area contributed by atoms with Gasteiger partial charge in [0.15, 0.2) is 0 Å². The van der Waals surface area contributed by atoms with Crippen LogP contribution in [0.1, 0.15) is 42.4 Å². The number of carbonyl (C=O) groups is 4. The van der Waals surface area contributed by atoms with Crippen molar-refractivity contribution in [1.82, 2.24) is 9.80 Å². The van der Waals surface area contributed by atoms with Crippen LogP contribution < -0.4 is 5.32 Å². The molecule has 174 valence electrons. The van der Waals surface area contributed by atoms with E-state index in [2.05, 4.69) is 5.32 Å². The summed E-state index contributed by atoms with van der Waals surface area (Å²) in [4.78, 5) is 54.3. The number of rotatable bonds is 5. The van der Waals surface area contributed by atoms with E-state index in [1.165, 1.54) is 41.1 Å². The van der Waals surface area contributed by atoms with Crippen LogP contribution in [0.25, 0.3) is 0 Å². The molecule has 4 amide bonds. The van der Waals surface area contributed by atoms with Gasteiger partial charge in [-0.25, -0.2) is 0 Å². The number of benzene rings is 2. The molecule has 0 radical (unpaired) electrons. The first-order valence-corrected chi connectivity index (χ1v) is 11.8. The summed E-state index contributed by atoms with van der Waals surface area (Å²) in [5.41, 5.74) is 1.60. The fourth-order valence-corrected chi connectivity index (χ4v) is 5.16. The van der Waals surface area contributed by atoms with Gasteiger partial charge in [0.1, 0.15) is 11.8 Å². The third-order valence-electron chi connectivity index (χ3n) is 5.84. The predicted octanol–water partition coefficient (Wildman–Crippen LogP) is 3.10. The van der Waals surface area contributed by atoms with Crippen molar-refractivity contribution in [3.63, 3.8) is 0 Å². The molecule has 1 aromatic heterocycles. The summed E-state index contributed by atoms with van der Waals surface area (Å²) < 4.78 is 5.25. The number of nitrogens with zero attached hydrogens (tertiary/aromatic N) is 3. The van der Waals surface area contributed by atoms with E-state index < -0.39 is 23.8 Å². The maximum atomic E-state index is 13.3. The van der Waals surface area contributed by atoms with Gasteiger partial charge in [0.25, 0.3) is 17.7 Å². The number of fused-ring (bicyclic) bond motifs is 1. The summed E-state index contributed by atoms with van der Waals surface area (Å²) in [7, 11) is 0. The molecule has 1 saturated heterocycles. The van der Waals surface area contributed by atoms with Gasteiger partial charge < -0.3 is 14.6 Å². The lowest BCUT2D eigenvalue weighted by Gasteiger charge is -2.23. The second kappa shape index (κ2) is 9.12. The van der Waals surface area contributed by atoms with Gasteiger partial charge in [0, 0.05) is 17.0 Å². The maximum Gasteiger partial charge on any atom is 0.261 e. The van der Waals surface area contributed by atoms with Crippen molar-refractivity contribution in [1.29, 1.82) is 5.26 Å². The first kappa shape index (κ1) is 22.4. The molecule has 0 saturated carbocycles. The van der Waals surface area contributed by atoms with Crippen LogP contribution in [-0.2, 0) is 11.3 Å². The average Bonchev–Trinajstić information content (AvgIpc) is 3.62. The number of hydrogen-bond donors (Lipinski definition) is 1. The molecule has 0 spiro atoms. The van der Waals surface area contributed by atoms with E-state index in [1.54, 1.807) is 36.4 Å². The molecule has 1 N–H and O–H groups in total. The number of nitrogens with one attached hydrogen (secondary N) is 1. The number of carbonyl (C=O) groups excluding carboxylic acids is 4. The Morgan fingerprint density at radius 1 is 1.09 bits per heavy atom. The fourth-order valence-electron chi connectivity index (χ4n) is 4.01. The topological polar surface area (TPSA) is 124 Å². The number of nitriles is 1. The highest BCUT2D eigenvalue weighted by Gasteiger charge is 2.39. The molecule has 1 fully saturated rings. The van der Waals surface area contributed by atoms with Gasteiger partial charge in [0.05, 0.1) is 41.4 Å². The SMILES string of the molecule is N#Cc1ccc(NC(=O)C2CSCN2C(=O)c2ccc3c(c2)C(=O)N(Cc2ccco2)C3=O)cc1. The Balaban J connectivity index is 1.32. The fraction of sp³-hybridized carbons (Fsp3) is 0.160. The molecule has 10 heteroatoms. The molecule has 2 aliphatic rings. The molecule has 1 atom stereocenters. The van der Waals surface area contributed by atoms with Gasteiger partial charge in [0.2, 0.25) is 5.91 Å². The second-order valence-electron chi connectivity index (χ2n) is 8.01. The van der Waals surface area contributed by atoms with Gasteiger partial charge in [-0.1, -0.05) is 0 Å². The van der Waals surface area contributed by atoms with Gasteiger partial charge in [-0.15, -0.1) is 11.8 Å². The molecular weight excluding hydrogens is 468 g/mol. The largest absolute Gasteiger partial charge is 0.467 e. The highest BCUT2D eigenvalue weighted by atomic mass is 32.2. The van der Waals surface area contributed by atoms with Crippen molar-refractivity contribution in [2.45, 2.75) is 12.6 Å².